The van der Waals surface area contributed by atoms with Gasteiger partial charge in [0.05, 0.1) is 6.10 Å². The summed E-state index contributed by atoms with van der Waals surface area (Å²) in [6.45, 7) is 6.93. The number of halogens is 2. The van der Waals surface area contributed by atoms with Crippen LogP contribution in [0.4, 0.5) is 8.78 Å². The van der Waals surface area contributed by atoms with Crippen molar-refractivity contribution in [2.75, 3.05) is 13.2 Å². The van der Waals surface area contributed by atoms with Crippen molar-refractivity contribution in [3.8, 4) is 0 Å². The van der Waals surface area contributed by atoms with Crippen LogP contribution in [0.25, 0.3) is 0 Å². The molecule has 1 N–H and O–H groups in total. The molecule has 4 heteroatoms. The number of rotatable bonds is 2. The van der Waals surface area contributed by atoms with E-state index in [0.29, 0.717) is 36.2 Å². The van der Waals surface area contributed by atoms with Crippen LogP contribution in [0.2, 0.25) is 0 Å². The molecule has 2 nitrogen and oxygen atoms in total. The second kappa shape index (κ2) is 5.97. The van der Waals surface area contributed by atoms with Crippen LogP contribution in [0, 0.1) is 24.5 Å². The maximum absolute atomic E-state index is 13.9. The molecule has 0 aromatic heterocycles. The summed E-state index contributed by atoms with van der Waals surface area (Å²) in [6, 6.07) is 2.86. The predicted molar refractivity (Wildman–Crippen MR) is 71.0 cm³/mol. The minimum atomic E-state index is -0.418. The molecule has 0 amide bonds. The maximum Gasteiger partial charge on any atom is 0.129 e. The SMILES string of the molecule is Cc1cc(F)c(C2CNC(C(C)C)CCO2)cc1F. The van der Waals surface area contributed by atoms with E-state index in [4.69, 9.17) is 4.74 Å². The van der Waals surface area contributed by atoms with Gasteiger partial charge in [-0.05, 0) is 37.0 Å². The average Bonchev–Trinajstić information content (AvgIpc) is 2.59. The minimum absolute atomic E-state index is 0.306. The molecule has 0 spiro atoms. The van der Waals surface area contributed by atoms with E-state index < -0.39 is 11.9 Å². The van der Waals surface area contributed by atoms with Crippen LogP contribution < -0.4 is 5.32 Å². The Morgan fingerprint density at radius 3 is 2.68 bits per heavy atom. The molecule has 1 aliphatic rings. The van der Waals surface area contributed by atoms with E-state index >= 15 is 0 Å². The monoisotopic (exact) mass is 269 g/mol. The smallest absolute Gasteiger partial charge is 0.129 e. The summed E-state index contributed by atoms with van der Waals surface area (Å²) in [5.74, 6) is -0.277. The fourth-order valence-corrected chi connectivity index (χ4v) is 2.43. The molecule has 1 aromatic rings. The van der Waals surface area contributed by atoms with Crippen molar-refractivity contribution in [2.45, 2.75) is 39.3 Å². The number of aryl methyl sites for hydroxylation is 1. The quantitative estimate of drug-likeness (QED) is 0.889. The lowest BCUT2D eigenvalue weighted by Gasteiger charge is -2.20. The standard InChI is InChI=1S/C15H21F2NO/c1-9(2)14-4-5-19-15(8-18-14)11-7-12(16)10(3)6-13(11)17/h6-7,9,14-15,18H,4-5,8H2,1-3H3. The minimum Gasteiger partial charge on any atom is -0.372 e. The van der Waals surface area contributed by atoms with Crippen LogP contribution in [0.1, 0.15) is 37.5 Å². The molecule has 1 fully saturated rings. The number of hydrogen-bond acceptors (Lipinski definition) is 2. The molecule has 1 aliphatic heterocycles. The van der Waals surface area contributed by atoms with Crippen molar-refractivity contribution in [3.05, 3.63) is 34.9 Å². The van der Waals surface area contributed by atoms with E-state index in [-0.39, 0.29) is 5.82 Å². The van der Waals surface area contributed by atoms with Crippen LogP contribution in [-0.2, 0) is 4.74 Å². The molecule has 0 radical (unpaired) electrons. The third-order valence-corrected chi connectivity index (χ3v) is 3.74. The summed E-state index contributed by atoms with van der Waals surface area (Å²) in [6.07, 6.45) is 0.475. The molecule has 1 saturated heterocycles. The fourth-order valence-electron chi connectivity index (χ4n) is 2.43. The van der Waals surface area contributed by atoms with Crippen molar-refractivity contribution in [1.29, 1.82) is 0 Å². The summed E-state index contributed by atoms with van der Waals surface area (Å²) >= 11 is 0. The molecule has 2 rings (SSSR count). The predicted octanol–water partition coefficient (Wildman–Crippen LogP) is 3.35. The first-order chi connectivity index (χ1) is 8.99. The lowest BCUT2D eigenvalue weighted by Crippen LogP contribution is -2.34. The molecular formula is C15H21F2NO. The second-order valence-corrected chi connectivity index (χ2v) is 5.53. The van der Waals surface area contributed by atoms with Gasteiger partial charge >= 0.3 is 0 Å². The zero-order chi connectivity index (χ0) is 14.0. The second-order valence-electron chi connectivity index (χ2n) is 5.53. The Kier molecular flexibility index (Phi) is 4.53. The maximum atomic E-state index is 13.9. The highest BCUT2D eigenvalue weighted by molar-refractivity contribution is 5.27. The van der Waals surface area contributed by atoms with E-state index in [1.165, 1.54) is 12.1 Å². The zero-order valence-corrected chi connectivity index (χ0v) is 11.7. The Morgan fingerprint density at radius 2 is 2.00 bits per heavy atom. The van der Waals surface area contributed by atoms with Crippen molar-refractivity contribution < 1.29 is 13.5 Å². The zero-order valence-electron chi connectivity index (χ0n) is 11.7. The van der Waals surface area contributed by atoms with Crippen molar-refractivity contribution in [1.82, 2.24) is 5.32 Å². The van der Waals surface area contributed by atoms with Crippen LogP contribution in [0.5, 0.6) is 0 Å². The first-order valence-corrected chi connectivity index (χ1v) is 6.79. The summed E-state index contributed by atoms with van der Waals surface area (Å²) in [7, 11) is 0. The molecule has 0 saturated carbocycles. The molecule has 2 unspecified atom stereocenters. The normalized spacial score (nSPS) is 24.5. The van der Waals surface area contributed by atoms with E-state index in [0.717, 1.165) is 6.42 Å². The van der Waals surface area contributed by atoms with E-state index in [9.17, 15) is 8.78 Å². The van der Waals surface area contributed by atoms with E-state index in [1.54, 1.807) is 6.92 Å². The summed E-state index contributed by atoms with van der Waals surface area (Å²) in [5, 5.41) is 3.38. The van der Waals surface area contributed by atoms with E-state index in [1.807, 2.05) is 0 Å². The number of benzene rings is 1. The highest BCUT2D eigenvalue weighted by Crippen LogP contribution is 2.26. The van der Waals surface area contributed by atoms with Gasteiger partial charge in [0.2, 0.25) is 0 Å². The topological polar surface area (TPSA) is 21.3 Å². The summed E-state index contributed by atoms with van der Waals surface area (Å²) in [4.78, 5) is 0. The van der Waals surface area contributed by atoms with Gasteiger partial charge in [0.25, 0.3) is 0 Å². The van der Waals surface area contributed by atoms with Crippen molar-refractivity contribution in [2.24, 2.45) is 5.92 Å². The third-order valence-electron chi connectivity index (χ3n) is 3.74. The van der Waals surface area contributed by atoms with Crippen LogP contribution in [-0.4, -0.2) is 19.2 Å². The molecule has 19 heavy (non-hydrogen) atoms. The van der Waals surface area contributed by atoms with Gasteiger partial charge in [-0.3, -0.25) is 0 Å². The fraction of sp³-hybridized carbons (Fsp3) is 0.600. The number of ether oxygens (including phenoxy) is 1. The molecule has 106 valence electrons. The summed E-state index contributed by atoms with van der Waals surface area (Å²) < 4.78 is 33.2. The largest absolute Gasteiger partial charge is 0.372 e. The highest BCUT2D eigenvalue weighted by atomic mass is 19.1. The Hall–Kier alpha value is -1.00. The van der Waals surface area contributed by atoms with Gasteiger partial charge in [0.1, 0.15) is 11.6 Å². The van der Waals surface area contributed by atoms with Gasteiger partial charge in [-0.25, -0.2) is 8.78 Å². The summed E-state index contributed by atoms with van der Waals surface area (Å²) in [5.41, 5.74) is 0.628. The number of nitrogens with one attached hydrogen (secondary N) is 1. The Balaban J connectivity index is 2.16. The van der Waals surface area contributed by atoms with Crippen LogP contribution >= 0.6 is 0 Å². The highest BCUT2D eigenvalue weighted by Gasteiger charge is 2.24. The Bertz CT molecular complexity index is 448. The first kappa shape index (κ1) is 14.4. The van der Waals surface area contributed by atoms with Crippen LogP contribution in [0.3, 0.4) is 0 Å². The van der Waals surface area contributed by atoms with Gasteiger partial charge in [0, 0.05) is 24.8 Å². The molecule has 2 atom stereocenters. The van der Waals surface area contributed by atoms with Gasteiger partial charge in [-0.2, -0.15) is 0 Å². The van der Waals surface area contributed by atoms with Gasteiger partial charge in [0.15, 0.2) is 0 Å². The first-order valence-electron chi connectivity index (χ1n) is 6.79. The molecule has 1 heterocycles. The molecule has 1 aromatic carbocycles. The lowest BCUT2D eigenvalue weighted by atomic mass is 10.0. The van der Waals surface area contributed by atoms with Crippen LogP contribution in [0.15, 0.2) is 12.1 Å². The Morgan fingerprint density at radius 1 is 1.26 bits per heavy atom. The Labute approximate surface area is 113 Å². The number of hydrogen-bond donors (Lipinski definition) is 1. The average molecular weight is 269 g/mol. The molecular weight excluding hydrogens is 248 g/mol. The van der Waals surface area contributed by atoms with Gasteiger partial charge < -0.3 is 10.1 Å². The van der Waals surface area contributed by atoms with Crippen molar-refractivity contribution >= 4 is 0 Å². The van der Waals surface area contributed by atoms with E-state index in [2.05, 4.69) is 19.2 Å². The van der Waals surface area contributed by atoms with Crippen molar-refractivity contribution in [3.63, 3.8) is 0 Å². The van der Waals surface area contributed by atoms with Gasteiger partial charge in [-0.15, -0.1) is 0 Å². The lowest BCUT2D eigenvalue weighted by molar-refractivity contribution is 0.0633. The third kappa shape index (κ3) is 3.31. The molecule has 0 bridgehead atoms. The van der Waals surface area contributed by atoms with Gasteiger partial charge in [-0.1, -0.05) is 13.8 Å². The molecule has 0 aliphatic carbocycles.